The summed E-state index contributed by atoms with van der Waals surface area (Å²) in [5.41, 5.74) is -2.44. The first kappa shape index (κ1) is 32.1. The number of carbonyl (C=O) groups excluding carboxylic acids is 3. The molecule has 1 saturated heterocycles. The number of nitrogens with zero attached hydrogens (tertiary/aromatic N) is 2. The molecule has 0 bridgehead atoms. The normalized spacial score (nSPS) is 19.6. The third-order valence-electron chi connectivity index (χ3n) is 7.48. The minimum atomic E-state index is -4.87. The Kier molecular flexibility index (Phi) is 8.17. The van der Waals surface area contributed by atoms with Crippen LogP contribution in [-0.2, 0) is 33.3 Å². The van der Waals surface area contributed by atoms with E-state index in [4.69, 9.17) is 0 Å². The number of hydrogen-bond donors (Lipinski definition) is 1. The first-order chi connectivity index (χ1) is 21.6. The number of fused-ring (bicyclic) bond motifs is 2. The lowest BCUT2D eigenvalue weighted by molar-refractivity contribution is -0.138. The Bertz CT molecular complexity index is 1960. The van der Waals surface area contributed by atoms with Gasteiger partial charge in [-0.05, 0) is 48.0 Å². The molecule has 2 aliphatic heterocycles. The van der Waals surface area contributed by atoms with Gasteiger partial charge in [0.15, 0.2) is 0 Å². The molecule has 3 heterocycles. The van der Waals surface area contributed by atoms with Gasteiger partial charge in [-0.3, -0.25) is 23.7 Å². The maximum absolute atomic E-state index is 14.0. The first-order valence-electron chi connectivity index (χ1n) is 13.3. The molecule has 46 heavy (non-hydrogen) atoms. The molecule has 1 fully saturated rings. The molecule has 3 aromatic carbocycles. The molecule has 3 amide bonds. The van der Waals surface area contributed by atoms with Crippen molar-refractivity contribution in [1.29, 1.82) is 0 Å². The van der Waals surface area contributed by atoms with Gasteiger partial charge in [-0.15, -0.1) is 0 Å². The Labute approximate surface area is 272 Å². The van der Waals surface area contributed by atoms with Crippen molar-refractivity contribution in [1.82, 2.24) is 4.57 Å². The van der Waals surface area contributed by atoms with Gasteiger partial charge in [0.2, 0.25) is 17.7 Å². The lowest BCUT2D eigenvalue weighted by atomic mass is 9.83. The Morgan fingerprint density at radius 1 is 0.870 bits per heavy atom. The van der Waals surface area contributed by atoms with Crippen molar-refractivity contribution in [2.45, 2.75) is 35.1 Å². The van der Waals surface area contributed by atoms with E-state index in [0.717, 1.165) is 52.7 Å². The second kappa shape index (κ2) is 11.7. The van der Waals surface area contributed by atoms with Gasteiger partial charge in [-0.1, -0.05) is 69.4 Å². The topological polar surface area (TPSA) is 88.5 Å². The lowest BCUT2D eigenvalue weighted by Crippen LogP contribution is -2.33. The minimum Gasteiger partial charge on any atom is -0.325 e. The molecule has 16 heteroatoms. The highest BCUT2D eigenvalue weighted by Gasteiger charge is 2.57. The number of imide groups is 1. The SMILES string of the molecule is O=C(Cn1c2c(sc1=O)C(c1cccc(Br)c1)C1C(=O)N(c3ccccc3C(F)(F)F)C(=O)C1S2)Nc1cccc(C(F)(F)F)c1. The van der Waals surface area contributed by atoms with Crippen molar-refractivity contribution in [3.63, 3.8) is 0 Å². The zero-order valence-electron chi connectivity index (χ0n) is 22.9. The largest absolute Gasteiger partial charge is 0.418 e. The van der Waals surface area contributed by atoms with Crippen molar-refractivity contribution in [3.8, 4) is 0 Å². The number of hydrogen-bond acceptors (Lipinski definition) is 6. The molecule has 0 saturated carbocycles. The van der Waals surface area contributed by atoms with Gasteiger partial charge in [0.1, 0.15) is 11.8 Å². The molecule has 3 unspecified atom stereocenters. The lowest BCUT2D eigenvalue weighted by Gasteiger charge is -2.30. The van der Waals surface area contributed by atoms with E-state index in [1.54, 1.807) is 24.3 Å². The van der Waals surface area contributed by atoms with Crippen molar-refractivity contribution < 1.29 is 40.7 Å². The molecule has 0 spiro atoms. The standard InChI is InChI=1S/C30H18BrF6N3O4S2/c31-16-7-3-5-14(11-16)21-22-23(26(43)40(25(22)42)19-10-2-1-9-18(19)30(35,36)37)45-27-24(21)46-28(44)39(27)13-20(41)38-17-8-4-6-15(12-17)29(32,33)34/h1-12,21-23H,13H2,(H,38,41). The molecule has 0 aliphatic carbocycles. The van der Waals surface area contributed by atoms with Crippen LogP contribution in [0.1, 0.15) is 27.5 Å². The summed E-state index contributed by atoms with van der Waals surface area (Å²) < 4.78 is 83.0. The number of amides is 3. The summed E-state index contributed by atoms with van der Waals surface area (Å²) in [6.07, 6.45) is -9.52. The van der Waals surface area contributed by atoms with Crippen LogP contribution in [0.5, 0.6) is 0 Å². The summed E-state index contributed by atoms with van der Waals surface area (Å²) >= 11 is 4.88. The van der Waals surface area contributed by atoms with Gasteiger partial charge in [-0.25, -0.2) is 4.90 Å². The van der Waals surface area contributed by atoms with Gasteiger partial charge in [0.25, 0.3) is 0 Å². The number of para-hydroxylation sites is 1. The predicted molar refractivity (Wildman–Crippen MR) is 162 cm³/mol. The molecule has 0 radical (unpaired) electrons. The van der Waals surface area contributed by atoms with Gasteiger partial charge in [0.05, 0.1) is 27.8 Å². The van der Waals surface area contributed by atoms with Gasteiger partial charge in [-0.2, -0.15) is 26.3 Å². The Morgan fingerprint density at radius 2 is 1.59 bits per heavy atom. The number of halogens is 7. The smallest absolute Gasteiger partial charge is 0.325 e. The zero-order chi connectivity index (χ0) is 33.1. The van der Waals surface area contributed by atoms with Crippen LogP contribution in [0.25, 0.3) is 0 Å². The maximum atomic E-state index is 14.0. The highest BCUT2D eigenvalue weighted by Crippen LogP contribution is 2.54. The number of thiazole rings is 1. The molecular formula is C30H18BrF6N3O4S2. The molecule has 238 valence electrons. The van der Waals surface area contributed by atoms with E-state index in [1.807, 2.05) is 0 Å². The van der Waals surface area contributed by atoms with Crippen LogP contribution in [0, 0.1) is 5.92 Å². The molecule has 7 nitrogen and oxygen atoms in total. The van der Waals surface area contributed by atoms with Crippen LogP contribution in [0.3, 0.4) is 0 Å². The van der Waals surface area contributed by atoms with Crippen molar-refractivity contribution >= 4 is 68.1 Å². The molecule has 1 aromatic heterocycles. The maximum Gasteiger partial charge on any atom is 0.418 e. The van der Waals surface area contributed by atoms with Crippen LogP contribution in [-0.4, -0.2) is 27.5 Å². The molecule has 2 aliphatic rings. The summed E-state index contributed by atoms with van der Waals surface area (Å²) in [5, 5.41) is 1.25. The van der Waals surface area contributed by atoms with E-state index >= 15 is 0 Å². The summed E-state index contributed by atoms with van der Waals surface area (Å²) in [6.45, 7) is -0.640. The number of benzene rings is 3. The molecule has 6 rings (SSSR count). The second-order valence-electron chi connectivity index (χ2n) is 10.4. The van der Waals surface area contributed by atoms with Gasteiger partial charge in [0, 0.05) is 21.0 Å². The highest BCUT2D eigenvalue weighted by atomic mass is 79.9. The highest BCUT2D eigenvalue weighted by molar-refractivity contribution is 9.10. The summed E-state index contributed by atoms with van der Waals surface area (Å²) in [5.74, 6) is -4.75. The Morgan fingerprint density at radius 3 is 2.28 bits per heavy atom. The number of thioether (sulfide) groups is 1. The fourth-order valence-electron chi connectivity index (χ4n) is 5.58. The number of anilines is 2. The van der Waals surface area contributed by atoms with E-state index in [-0.39, 0.29) is 10.7 Å². The molecular weight excluding hydrogens is 724 g/mol. The van der Waals surface area contributed by atoms with Crippen molar-refractivity contribution in [3.05, 3.63) is 109 Å². The fraction of sp³-hybridized carbons (Fsp3) is 0.200. The minimum absolute atomic E-state index is 0.160. The van der Waals surface area contributed by atoms with Crippen LogP contribution >= 0.6 is 39.0 Å². The van der Waals surface area contributed by atoms with E-state index < -0.39 is 75.4 Å². The van der Waals surface area contributed by atoms with E-state index in [1.165, 1.54) is 12.1 Å². The van der Waals surface area contributed by atoms with Crippen LogP contribution < -0.4 is 15.1 Å². The van der Waals surface area contributed by atoms with Crippen molar-refractivity contribution in [2.24, 2.45) is 5.92 Å². The average molecular weight is 743 g/mol. The summed E-state index contributed by atoms with van der Waals surface area (Å²) in [4.78, 5) is 54.3. The van der Waals surface area contributed by atoms with Crippen molar-refractivity contribution in [2.75, 3.05) is 10.2 Å². The predicted octanol–water partition coefficient (Wildman–Crippen LogP) is 7.14. The quantitative estimate of drug-likeness (QED) is 0.174. The fourth-order valence-corrected chi connectivity index (χ4v) is 8.77. The molecule has 4 aromatic rings. The van der Waals surface area contributed by atoms with Gasteiger partial charge < -0.3 is 5.32 Å². The first-order valence-corrected chi connectivity index (χ1v) is 15.8. The molecule has 3 atom stereocenters. The van der Waals surface area contributed by atoms with Crippen LogP contribution in [0.4, 0.5) is 37.7 Å². The summed E-state index contributed by atoms with van der Waals surface area (Å²) in [6, 6.07) is 14.9. The number of rotatable bonds is 5. The average Bonchev–Trinajstić information content (AvgIpc) is 3.42. The molecule has 1 N–H and O–H groups in total. The second-order valence-corrected chi connectivity index (χ2v) is 13.4. The third-order valence-corrected chi connectivity index (χ3v) is 10.6. The Balaban J connectivity index is 1.40. The van der Waals surface area contributed by atoms with E-state index in [9.17, 15) is 45.5 Å². The number of carbonyl (C=O) groups is 3. The third kappa shape index (κ3) is 5.77. The zero-order valence-corrected chi connectivity index (χ0v) is 26.1. The Hall–Kier alpha value is -3.89. The summed E-state index contributed by atoms with van der Waals surface area (Å²) in [7, 11) is 0. The van der Waals surface area contributed by atoms with Gasteiger partial charge >= 0.3 is 17.2 Å². The monoisotopic (exact) mass is 741 g/mol. The van der Waals surface area contributed by atoms with Crippen LogP contribution in [0.2, 0.25) is 0 Å². The number of alkyl halides is 6. The van der Waals surface area contributed by atoms with E-state index in [2.05, 4.69) is 21.2 Å². The van der Waals surface area contributed by atoms with Crippen LogP contribution in [0.15, 0.2) is 87.1 Å². The van der Waals surface area contributed by atoms with E-state index in [0.29, 0.717) is 31.2 Å². The number of aromatic nitrogens is 1. The number of nitrogens with one attached hydrogen (secondary N) is 1.